The molecule has 2 N–H and O–H groups in total. The topological polar surface area (TPSA) is 32.5 Å². The van der Waals surface area contributed by atoms with E-state index in [1.165, 1.54) is 0 Å². The average molecular weight is 293 g/mol. The Kier molecular flexibility index (Phi) is 5.59. The number of hydrogen-bond acceptors (Lipinski definition) is 3. The lowest BCUT2D eigenvalue weighted by atomic mass is 10.1. The van der Waals surface area contributed by atoms with Gasteiger partial charge in [0.1, 0.15) is 5.82 Å². The van der Waals surface area contributed by atoms with Crippen LogP contribution in [0.1, 0.15) is 32.8 Å². The number of rotatable bonds is 6. The summed E-state index contributed by atoms with van der Waals surface area (Å²) in [6.07, 6.45) is 1.84. The lowest BCUT2D eigenvalue weighted by Gasteiger charge is -2.27. The summed E-state index contributed by atoms with van der Waals surface area (Å²) >= 11 is 0. The van der Waals surface area contributed by atoms with Crippen molar-refractivity contribution in [2.45, 2.75) is 45.7 Å². The van der Waals surface area contributed by atoms with Crippen molar-refractivity contribution < 1.29 is 4.39 Å². The van der Waals surface area contributed by atoms with Crippen LogP contribution in [0, 0.1) is 5.82 Å². The summed E-state index contributed by atoms with van der Waals surface area (Å²) in [6, 6.07) is 6.17. The third kappa shape index (κ3) is 3.95. The van der Waals surface area contributed by atoms with Crippen LogP contribution < -0.4 is 10.6 Å². The van der Waals surface area contributed by atoms with Gasteiger partial charge in [0.25, 0.3) is 0 Å². The van der Waals surface area contributed by atoms with Crippen LogP contribution in [0.5, 0.6) is 0 Å². The third-order valence-corrected chi connectivity index (χ3v) is 4.40. The summed E-state index contributed by atoms with van der Waals surface area (Å²) in [5.41, 5.74) is 7.49. The summed E-state index contributed by atoms with van der Waals surface area (Å²) in [6.45, 7) is 10.3. The molecule has 1 aromatic carbocycles. The van der Waals surface area contributed by atoms with Crippen LogP contribution >= 0.6 is 0 Å². The Labute approximate surface area is 127 Å². The molecule has 1 aromatic rings. The van der Waals surface area contributed by atoms with Gasteiger partial charge in [-0.1, -0.05) is 19.9 Å². The molecule has 1 aliphatic rings. The number of nitrogens with two attached hydrogens (primary N) is 1. The molecule has 4 heteroatoms. The van der Waals surface area contributed by atoms with E-state index >= 15 is 0 Å². The van der Waals surface area contributed by atoms with Crippen molar-refractivity contribution in [3.05, 3.63) is 29.6 Å². The zero-order valence-electron chi connectivity index (χ0n) is 13.5. The minimum atomic E-state index is -0.117. The van der Waals surface area contributed by atoms with E-state index in [1.54, 1.807) is 6.07 Å². The summed E-state index contributed by atoms with van der Waals surface area (Å²) in [7, 11) is 0. The van der Waals surface area contributed by atoms with Gasteiger partial charge in [-0.15, -0.1) is 0 Å². The van der Waals surface area contributed by atoms with Crippen LogP contribution in [-0.4, -0.2) is 43.2 Å². The third-order valence-electron chi connectivity index (χ3n) is 4.40. The molecule has 0 spiro atoms. The summed E-state index contributed by atoms with van der Waals surface area (Å²) in [5, 5.41) is 0. The smallest absolute Gasteiger partial charge is 0.146 e. The Hall–Kier alpha value is -1.13. The molecule has 0 aliphatic carbocycles. The monoisotopic (exact) mass is 293 g/mol. The lowest BCUT2D eigenvalue weighted by Crippen LogP contribution is -2.37. The van der Waals surface area contributed by atoms with Crippen molar-refractivity contribution >= 4 is 5.69 Å². The first kappa shape index (κ1) is 16.2. The minimum Gasteiger partial charge on any atom is -0.368 e. The maximum atomic E-state index is 14.3. The first-order valence-electron chi connectivity index (χ1n) is 8.08. The van der Waals surface area contributed by atoms with Gasteiger partial charge in [0.2, 0.25) is 0 Å². The Balaban J connectivity index is 2.06. The van der Waals surface area contributed by atoms with Gasteiger partial charge in [-0.2, -0.15) is 0 Å². The molecule has 0 aromatic heterocycles. The zero-order valence-corrected chi connectivity index (χ0v) is 13.5. The van der Waals surface area contributed by atoms with Crippen LogP contribution in [0.25, 0.3) is 0 Å². The maximum absolute atomic E-state index is 14.3. The fraction of sp³-hybridized carbons (Fsp3) is 0.647. The van der Waals surface area contributed by atoms with E-state index in [2.05, 4.69) is 23.6 Å². The van der Waals surface area contributed by atoms with E-state index in [0.717, 1.165) is 50.3 Å². The van der Waals surface area contributed by atoms with Crippen molar-refractivity contribution in [1.29, 1.82) is 0 Å². The molecular formula is C17H28FN3. The maximum Gasteiger partial charge on any atom is 0.146 e. The van der Waals surface area contributed by atoms with Crippen molar-refractivity contribution in [2.75, 3.05) is 31.1 Å². The number of halogens is 1. The van der Waals surface area contributed by atoms with E-state index in [1.807, 2.05) is 19.1 Å². The molecule has 1 fully saturated rings. The van der Waals surface area contributed by atoms with Crippen LogP contribution in [0.3, 0.4) is 0 Å². The Morgan fingerprint density at radius 2 is 2.10 bits per heavy atom. The first-order chi connectivity index (χ1) is 10.0. The number of hydrogen-bond donors (Lipinski definition) is 1. The van der Waals surface area contributed by atoms with Gasteiger partial charge < -0.3 is 10.6 Å². The molecule has 0 saturated carbocycles. The minimum absolute atomic E-state index is 0.0640. The van der Waals surface area contributed by atoms with Crippen LogP contribution in [-0.2, 0) is 6.42 Å². The second-order valence-corrected chi connectivity index (χ2v) is 6.08. The second kappa shape index (κ2) is 7.23. The highest BCUT2D eigenvalue weighted by Crippen LogP contribution is 2.26. The van der Waals surface area contributed by atoms with E-state index in [-0.39, 0.29) is 11.9 Å². The molecule has 0 radical (unpaired) electrons. The number of nitrogens with zero attached hydrogens (tertiary/aromatic N) is 2. The van der Waals surface area contributed by atoms with Crippen molar-refractivity contribution in [3.63, 3.8) is 0 Å². The normalized spacial score (nSPS) is 20.3. The molecule has 0 bridgehead atoms. The number of anilines is 1. The molecule has 1 saturated heterocycles. The molecule has 0 amide bonds. The predicted molar refractivity (Wildman–Crippen MR) is 87.3 cm³/mol. The quantitative estimate of drug-likeness (QED) is 0.875. The summed E-state index contributed by atoms with van der Waals surface area (Å²) in [4.78, 5) is 4.64. The van der Waals surface area contributed by atoms with Gasteiger partial charge in [0.05, 0.1) is 5.69 Å². The summed E-state index contributed by atoms with van der Waals surface area (Å²) < 4.78 is 14.3. The largest absolute Gasteiger partial charge is 0.368 e. The highest BCUT2D eigenvalue weighted by molar-refractivity contribution is 5.50. The number of likely N-dealkylation sites (N-methyl/N-ethyl adjacent to an activating group) is 1. The zero-order chi connectivity index (χ0) is 15.4. The van der Waals surface area contributed by atoms with Gasteiger partial charge in [-0.25, -0.2) is 4.39 Å². The summed E-state index contributed by atoms with van der Waals surface area (Å²) in [5.74, 6) is -0.117. The van der Waals surface area contributed by atoms with E-state index in [9.17, 15) is 4.39 Å². The Morgan fingerprint density at radius 1 is 1.38 bits per heavy atom. The van der Waals surface area contributed by atoms with Crippen molar-refractivity contribution in [1.82, 2.24) is 4.90 Å². The fourth-order valence-corrected chi connectivity index (χ4v) is 3.30. The SMILES string of the molecule is CCN(CC)C1CCN(c2ccc(CC(C)N)cc2F)C1. The van der Waals surface area contributed by atoms with Gasteiger partial charge >= 0.3 is 0 Å². The molecule has 3 nitrogen and oxygen atoms in total. The second-order valence-electron chi connectivity index (χ2n) is 6.08. The van der Waals surface area contributed by atoms with Crippen LogP contribution in [0.4, 0.5) is 10.1 Å². The Morgan fingerprint density at radius 3 is 2.67 bits per heavy atom. The Bertz CT molecular complexity index is 457. The van der Waals surface area contributed by atoms with Gasteiger partial charge in [0, 0.05) is 25.2 Å². The first-order valence-corrected chi connectivity index (χ1v) is 8.08. The van der Waals surface area contributed by atoms with Crippen molar-refractivity contribution in [2.24, 2.45) is 5.73 Å². The van der Waals surface area contributed by atoms with Crippen LogP contribution in [0.2, 0.25) is 0 Å². The standard InChI is InChI=1S/C17H28FN3/c1-4-20(5-2)15-8-9-21(12-15)17-7-6-14(10-13(3)19)11-16(17)18/h6-7,11,13,15H,4-5,8-10,12,19H2,1-3H3. The van der Waals surface area contributed by atoms with Gasteiger partial charge in [-0.3, -0.25) is 4.90 Å². The molecule has 2 unspecified atom stereocenters. The molecule has 21 heavy (non-hydrogen) atoms. The van der Waals surface area contributed by atoms with Crippen LogP contribution in [0.15, 0.2) is 18.2 Å². The molecule has 2 atom stereocenters. The van der Waals surface area contributed by atoms with E-state index in [4.69, 9.17) is 5.73 Å². The van der Waals surface area contributed by atoms with E-state index < -0.39 is 0 Å². The fourth-order valence-electron chi connectivity index (χ4n) is 3.30. The van der Waals surface area contributed by atoms with Gasteiger partial charge in [0.15, 0.2) is 0 Å². The molecule has 2 rings (SSSR count). The molecule has 1 heterocycles. The highest BCUT2D eigenvalue weighted by atomic mass is 19.1. The molecular weight excluding hydrogens is 265 g/mol. The van der Waals surface area contributed by atoms with Crippen molar-refractivity contribution in [3.8, 4) is 0 Å². The highest BCUT2D eigenvalue weighted by Gasteiger charge is 2.27. The van der Waals surface area contributed by atoms with E-state index in [0.29, 0.717) is 6.04 Å². The average Bonchev–Trinajstić information content (AvgIpc) is 2.89. The lowest BCUT2D eigenvalue weighted by molar-refractivity contribution is 0.232. The van der Waals surface area contributed by atoms with Gasteiger partial charge in [-0.05, 0) is 50.6 Å². The molecule has 1 aliphatic heterocycles. The molecule has 118 valence electrons. The predicted octanol–water partition coefficient (Wildman–Crippen LogP) is 2.64. The number of benzene rings is 1.